The molecule has 0 fully saturated rings. The van der Waals surface area contributed by atoms with Crippen molar-refractivity contribution < 1.29 is 13.6 Å². The van der Waals surface area contributed by atoms with Gasteiger partial charge in [0.2, 0.25) is 0 Å². The summed E-state index contributed by atoms with van der Waals surface area (Å²) in [5.41, 5.74) is 3.70. The highest BCUT2D eigenvalue weighted by molar-refractivity contribution is 6.30. The number of rotatable bonds is 5. The Labute approximate surface area is 227 Å². The first-order valence-corrected chi connectivity index (χ1v) is 12.6. The van der Waals surface area contributed by atoms with Gasteiger partial charge in [0.15, 0.2) is 0 Å². The van der Waals surface area contributed by atoms with Gasteiger partial charge in [-0.05, 0) is 53.6 Å². The topological polar surface area (TPSA) is 74.0 Å². The van der Waals surface area contributed by atoms with Gasteiger partial charge >= 0.3 is 6.03 Å². The molecular weight excluding hydrogens is 531 g/mol. The fourth-order valence-electron chi connectivity index (χ4n) is 4.71. The van der Waals surface area contributed by atoms with E-state index in [1.54, 1.807) is 47.2 Å². The number of hydrogen-bond donors (Lipinski definition) is 1. The van der Waals surface area contributed by atoms with Crippen LogP contribution in [0.1, 0.15) is 27.9 Å². The van der Waals surface area contributed by atoms with E-state index in [2.05, 4.69) is 21.3 Å². The summed E-state index contributed by atoms with van der Waals surface area (Å²) in [5.74, 6) is -1.45. The van der Waals surface area contributed by atoms with E-state index < -0.39 is 11.6 Å². The molecule has 0 saturated carbocycles. The Morgan fingerprint density at radius 2 is 1.95 bits per heavy atom. The number of nitriles is 1. The molecule has 3 heterocycles. The summed E-state index contributed by atoms with van der Waals surface area (Å²) >= 11 is 11.7. The fraction of sp³-hybridized carbons (Fsp3) is 0.179. The van der Waals surface area contributed by atoms with Crippen LogP contribution in [0.15, 0.2) is 54.7 Å². The van der Waals surface area contributed by atoms with Crippen LogP contribution in [-0.2, 0) is 19.5 Å². The van der Waals surface area contributed by atoms with E-state index in [0.717, 1.165) is 34.3 Å². The zero-order chi connectivity index (χ0) is 26.8. The fourth-order valence-corrected chi connectivity index (χ4v) is 5.10. The maximum atomic E-state index is 14.1. The minimum atomic E-state index is -0.723. The molecule has 6 nitrogen and oxygen atoms in total. The van der Waals surface area contributed by atoms with Crippen LogP contribution in [0.25, 0.3) is 17.0 Å². The number of nitrogens with one attached hydrogen (secondary N) is 1. The lowest BCUT2D eigenvalue weighted by molar-refractivity contribution is 0.240. The van der Waals surface area contributed by atoms with Crippen molar-refractivity contribution in [2.75, 3.05) is 13.1 Å². The largest absolute Gasteiger partial charge is 0.333 e. The number of hydrogen-bond acceptors (Lipinski definition) is 4. The summed E-state index contributed by atoms with van der Waals surface area (Å²) in [6.07, 6.45) is 5.27. The average Bonchev–Trinajstić information content (AvgIpc) is 3.22. The maximum absolute atomic E-state index is 14.1. The van der Waals surface area contributed by atoms with Crippen LogP contribution in [0.2, 0.25) is 10.2 Å². The number of amides is 1. The molecule has 1 aliphatic rings. The number of nitrogens with zero attached hydrogens (tertiary/aromatic N) is 4. The predicted molar refractivity (Wildman–Crippen MR) is 143 cm³/mol. The lowest BCUT2D eigenvalue weighted by atomic mass is 10.0. The van der Waals surface area contributed by atoms with Crippen molar-refractivity contribution in [3.8, 4) is 6.07 Å². The molecule has 0 atom stereocenters. The first kappa shape index (κ1) is 25.9. The number of carbonyl (C=O) groups is 1. The minimum Gasteiger partial charge on any atom is -0.333 e. The molecule has 1 N–H and O–H groups in total. The summed E-state index contributed by atoms with van der Waals surface area (Å²) in [7, 11) is 0. The van der Waals surface area contributed by atoms with Crippen LogP contribution >= 0.6 is 23.2 Å². The normalized spacial score (nSPS) is 13.6. The third-order valence-electron chi connectivity index (χ3n) is 6.49. The Balaban J connectivity index is 1.40. The van der Waals surface area contributed by atoms with Gasteiger partial charge in [-0.3, -0.25) is 9.47 Å². The minimum absolute atomic E-state index is 0.00227. The molecule has 0 aliphatic carbocycles. The summed E-state index contributed by atoms with van der Waals surface area (Å²) < 4.78 is 29.9. The van der Waals surface area contributed by atoms with Crippen LogP contribution in [0, 0.1) is 23.0 Å². The first-order chi connectivity index (χ1) is 18.3. The molecular formula is C28H21Cl2F2N5O. The van der Waals surface area contributed by atoms with Crippen LogP contribution in [0.5, 0.6) is 0 Å². The van der Waals surface area contributed by atoms with E-state index in [-0.39, 0.29) is 23.2 Å². The smallest absolute Gasteiger partial charge is 0.326 e. The second kappa shape index (κ2) is 10.9. The molecule has 0 spiro atoms. The van der Waals surface area contributed by atoms with Crippen molar-refractivity contribution in [3.63, 3.8) is 0 Å². The molecule has 2 aromatic carbocycles. The second-order valence-electron chi connectivity index (χ2n) is 8.92. The third-order valence-corrected chi connectivity index (χ3v) is 6.91. The zero-order valence-corrected chi connectivity index (χ0v) is 21.5. The van der Waals surface area contributed by atoms with Crippen LogP contribution < -0.4 is 5.32 Å². The molecule has 192 valence electrons. The van der Waals surface area contributed by atoms with E-state index in [1.807, 2.05) is 0 Å². The van der Waals surface area contributed by atoms with Gasteiger partial charge in [0.25, 0.3) is 0 Å². The van der Waals surface area contributed by atoms with Crippen LogP contribution in [-0.4, -0.2) is 33.6 Å². The molecule has 38 heavy (non-hydrogen) atoms. The van der Waals surface area contributed by atoms with Gasteiger partial charge in [-0.15, -0.1) is 0 Å². The Bertz CT molecular complexity index is 1600. The van der Waals surface area contributed by atoms with Crippen molar-refractivity contribution in [1.82, 2.24) is 19.8 Å². The summed E-state index contributed by atoms with van der Waals surface area (Å²) in [6, 6.07) is 12.8. The molecule has 5 rings (SSSR count). The number of carbonyl (C=O) groups excluding carboxylic acids is 1. The van der Waals surface area contributed by atoms with E-state index >= 15 is 0 Å². The molecule has 4 aromatic rings. The maximum Gasteiger partial charge on any atom is 0.326 e. The zero-order valence-electron chi connectivity index (χ0n) is 20.0. The quantitative estimate of drug-likeness (QED) is 0.294. The predicted octanol–water partition coefficient (Wildman–Crippen LogP) is 6.32. The summed E-state index contributed by atoms with van der Waals surface area (Å²) in [4.78, 5) is 19.4. The van der Waals surface area contributed by atoms with Gasteiger partial charge in [0, 0.05) is 60.5 Å². The number of benzene rings is 2. The van der Waals surface area contributed by atoms with E-state index in [1.165, 1.54) is 6.08 Å². The van der Waals surface area contributed by atoms with Crippen molar-refractivity contribution >= 4 is 46.2 Å². The highest BCUT2D eigenvalue weighted by Gasteiger charge is 2.26. The van der Waals surface area contributed by atoms with E-state index in [0.29, 0.717) is 42.3 Å². The Kier molecular flexibility index (Phi) is 7.43. The number of pyridine rings is 1. The van der Waals surface area contributed by atoms with Crippen molar-refractivity contribution in [2.45, 2.75) is 19.5 Å². The Morgan fingerprint density at radius 1 is 1.16 bits per heavy atom. The highest BCUT2D eigenvalue weighted by Crippen LogP contribution is 2.32. The molecule has 0 radical (unpaired) electrons. The van der Waals surface area contributed by atoms with E-state index in [9.17, 15) is 18.8 Å². The first-order valence-electron chi connectivity index (χ1n) is 11.8. The molecule has 2 aromatic heterocycles. The van der Waals surface area contributed by atoms with Crippen LogP contribution in [0.4, 0.5) is 13.6 Å². The summed E-state index contributed by atoms with van der Waals surface area (Å²) in [6.45, 7) is 1.87. The molecule has 0 saturated heterocycles. The number of fused-ring (bicyclic) bond motifs is 3. The van der Waals surface area contributed by atoms with Gasteiger partial charge in [-0.1, -0.05) is 35.4 Å². The van der Waals surface area contributed by atoms with Crippen molar-refractivity contribution in [1.29, 1.82) is 5.26 Å². The summed E-state index contributed by atoms with van der Waals surface area (Å²) in [5, 5.41) is 13.6. The molecule has 10 heteroatoms. The number of halogens is 4. The third kappa shape index (κ3) is 5.27. The van der Waals surface area contributed by atoms with Crippen LogP contribution in [0.3, 0.4) is 0 Å². The highest BCUT2D eigenvalue weighted by atomic mass is 35.5. The second-order valence-corrected chi connectivity index (χ2v) is 9.74. The molecule has 1 aliphatic heterocycles. The lowest BCUT2D eigenvalue weighted by Gasteiger charge is -2.27. The Hall–Kier alpha value is -3.77. The molecule has 0 unspecified atom stereocenters. The van der Waals surface area contributed by atoms with E-state index in [4.69, 9.17) is 23.2 Å². The van der Waals surface area contributed by atoms with Gasteiger partial charge in [-0.2, -0.15) is 5.26 Å². The van der Waals surface area contributed by atoms with Crippen molar-refractivity contribution in [3.05, 3.63) is 104 Å². The molecule has 0 bridgehead atoms. The van der Waals surface area contributed by atoms with Gasteiger partial charge in [0.05, 0.1) is 17.1 Å². The monoisotopic (exact) mass is 551 g/mol. The average molecular weight is 552 g/mol. The molecule has 1 amide bonds. The SMILES string of the molecule is N#Cc1ccc2c(c1)c1c(n2C(=O)NCc2ccnc(Cl)c2)CCN(CC=Cc2c(F)cc(Cl)cc2F)C1. The Morgan fingerprint density at radius 3 is 2.68 bits per heavy atom. The van der Waals surface area contributed by atoms with Crippen molar-refractivity contribution in [2.24, 2.45) is 0 Å². The van der Waals surface area contributed by atoms with Gasteiger partial charge in [-0.25, -0.2) is 18.6 Å². The van der Waals surface area contributed by atoms with Gasteiger partial charge < -0.3 is 5.32 Å². The van der Waals surface area contributed by atoms with Gasteiger partial charge in [0.1, 0.15) is 16.8 Å². The standard InChI is InChI=1S/C28H21Cl2F2N5O/c29-19-12-23(31)20(24(32)13-19)2-1-8-36-9-6-26-22(16-36)21-10-17(14-33)3-4-25(21)37(26)28(38)35-15-18-5-7-34-27(30)11-18/h1-5,7,10-13H,6,8-9,15-16H2,(H,35,38). The lowest BCUT2D eigenvalue weighted by Crippen LogP contribution is -2.34. The number of aromatic nitrogens is 2.